The summed E-state index contributed by atoms with van der Waals surface area (Å²) >= 11 is 0. The number of aryl methyl sites for hydroxylation is 1. The second-order valence-electron chi connectivity index (χ2n) is 8.24. The molecule has 0 radical (unpaired) electrons. The van der Waals surface area contributed by atoms with Gasteiger partial charge in [0.15, 0.2) is 0 Å². The summed E-state index contributed by atoms with van der Waals surface area (Å²) in [5.74, 6) is 0.931. The maximum atomic E-state index is 12.1. The van der Waals surface area contributed by atoms with Gasteiger partial charge < -0.3 is 19.1 Å². The molecular weight excluding hydrogens is 416 g/mol. The third-order valence-corrected chi connectivity index (χ3v) is 5.98. The largest absolute Gasteiger partial charge is 0.462 e. The average Bonchev–Trinajstić information content (AvgIpc) is 3.54. The van der Waals surface area contributed by atoms with Gasteiger partial charge in [0, 0.05) is 49.9 Å². The van der Waals surface area contributed by atoms with Crippen molar-refractivity contribution >= 4 is 5.97 Å². The normalized spacial score (nSPS) is 14.9. The molecule has 0 amide bonds. The number of carbonyl (C=O) groups excluding carboxylic acids is 1. The SMILES string of the molecule is CCOC(=O)c1ccn2c1CC(NCc1ccc(-c3ccc(-c4noc(C)n4)cc3)cc1)C2. The highest BCUT2D eigenvalue weighted by molar-refractivity contribution is 5.91. The fourth-order valence-electron chi connectivity index (χ4n) is 4.28. The van der Waals surface area contributed by atoms with Crippen molar-refractivity contribution in [3.05, 3.63) is 83.5 Å². The number of aromatic nitrogens is 3. The van der Waals surface area contributed by atoms with Crippen molar-refractivity contribution in [2.45, 2.75) is 39.4 Å². The van der Waals surface area contributed by atoms with E-state index < -0.39 is 0 Å². The van der Waals surface area contributed by atoms with E-state index in [1.165, 1.54) is 5.56 Å². The zero-order valence-electron chi connectivity index (χ0n) is 18.7. The van der Waals surface area contributed by atoms with Crippen LogP contribution < -0.4 is 5.32 Å². The van der Waals surface area contributed by atoms with Gasteiger partial charge in [-0.15, -0.1) is 0 Å². The Bertz CT molecular complexity index is 1260. The minimum absolute atomic E-state index is 0.233. The zero-order chi connectivity index (χ0) is 22.8. The Morgan fingerprint density at radius 3 is 2.45 bits per heavy atom. The van der Waals surface area contributed by atoms with E-state index in [0.717, 1.165) is 41.9 Å². The molecule has 0 spiro atoms. The summed E-state index contributed by atoms with van der Waals surface area (Å²) in [6.45, 7) is 5.64. The highest BCUT2D eigenvalue weighted by Crippen LogP contribution is 2.25. The third kappa shape index (κ3) is 4.45. The maximum absolute atomic E-state index is 12.1. The van der Waals surface area contributed by atoms with Crippen molar-refractivity contribution in [2.75, 3.05) is 6.61 Å². The van der Waals surface area contributed by atoms with Gasteiger partial charge in [0.25, 0.3) is 0 Å². The van der Waals surface area contributed by atoms with Gasteiger partial charge >= 0.3 is 5.97 Å². The quantitative estimate of drug-likeness (QED) is 0.427. The van der Waals surface area contributed by atoms with Gasteiger partial charge in [0.1, 0.15) is 0 Å². The van der Waals surface area contributed by atoms with Crippen LogP contribution in [-0.4, -0.2) is 33.3 Å². The molecular formula is C26H26N4O3. The van der Waals surface area contributed by atoms with Gasteiger partial charge in [-0.3, -0.25) is 0 Å². The van der Waals surface area contributed by atoms with Crippen LogP contribution in [0.25, 0.3) is 22.5 Å². The van der Waals surface area contributed by atoms with Crippen LogP contribution in [0.3, 0.4) is 0 Å². The fourth-order valence-corrected chi connectivity index (χ4v) is 4.28. The Morgan fingerprint density at radius 1 is 1.09 bits per heavy atom. The van der Waals surface area contributed by atoms with Crippen molar-refractivity contribution in [2.24, 2.45) is 0 Å². The first kappa shape index (κ1) is 21.2. The Hall–Kier alpha value is -3.71. The van der Waals surface area contributed by atoms with Crippen molar-refractivity contribution in [1.29, 1.82) is 0 Å². The minimum atomic E-state index is -0.233. The fraction of sp³-hybridized carbons (Fsp3) is 0.269. The lowest BCUT2D eigenvalue weighted by molar-refractivity contribution is 0.0525. The number of nitrogens with one attached hydrogen (secondary N) is 1. The predicted octanol–water partition coefficient (Wildman–Crippen LogP) is 4.40. The smallest absolute Gasteiger partial charge is 0.339 e. The monoisotopic (exact) mass is 442 g/mol. The highest BCUT2D eigenvalue weighted by Gasteiger charge is 2.26. The molecule has 1 atom stereocenters. The summed E-state index contributed by atoms with van der Waals surface area (Å²) in [5.41, 5.74) is 6.20. The summed E-state index contributed by atoms with van der Waals surface area (Å²) in [6, 6.07) is 18.9. The molecule has 4 aromatic rings. The van der Waals surface area contributed by atoms with Gasteiger partial charge in [0.2, 0.25) is 11.7 Å². The second-order valence-corrected chi connectivity index (χ2v) is 8.24. The molecule has 1 aliphatic rings. The van der Waals surface area contributed by atoms with Gasteiger partial charge in [0.05, 0.1) is 12.2 Å². The van der Waals surface area contributed by atoms with E-state index >= 15 is 0 Å². The Balaban J connectivity index is 1.18. The molecule has 0 bridgehead atoms. The molecule has 5 rings (SSSR count). The molecule has 0 fully saturated rings. The van der Waals surface area contributed by atoms with E-state index in [2.05, 4.69) is 56.4 Å². The highest BCUT2D eigenvalue weighted by atomic mass is 16.5. The molecule has 1 N–H and O–H groups in total. The van der Waals surface area contributed by atoms with E-state index in [0.29, 0.717) is 29.9 Å². The van der Waals surface area contributed by atoms with Crippen LogP contribution in [0.5, 0.6) is 0 Å². The molecule has 0 saturated carbocycles. The molecule has 0 saturated heterocycles. The van der Waals surface area contributed by atoms with Crippen LogP contribution in [0.1, 0.15) is 34.4 Å². The molecule has 7 heteroatoms. The van der Waals surface area contributed by atoms with Gasteiger partial charge in [-0.25, -0.2) is 4.79 Å². The first-order valence-electron chi connectivity index (χ1n) is 11.2. The van der Waals surface area contributed by atoms with Crippen LogP contribution in [0, 0.1) is 6.92 Å². The molecule has 33 heavy (non-hydrogen) atoms. The topological polar surface area (TPSA) is 82.2 Å². The molecule has 1 aliphatic heterocycles. The van der Waals surface area contributed by atoms with Crippen LogP contribution >= 0.6 is 0 Å². The third-order valence-electron chi connectivity index (χ3n) is 5.98. The van der Waals surface area contributed by atoms with Crippen LogP contribution in [-0.2, 0) is 24.2 Å². The molecule has 1 unspecified atom stereocenters. The van der Waals surface area contributed by atoms with E-state index in [4.69, 9.17) is 9.26 Å². The van der Waals surface area contributed by atoms with E-state index in [9.17, 15) is 4.79 Å². The molecule has 0 aliphatic carbocycles. The summed E-state index contributed by atoms with van der Waals surface area (Å²) in [4.78, 5) is 16.4. The van der Waals surface area contributed by atoms with E-state index in [1.807, 2.05) is 31.3 Å². The number of fused-ring (bicyclic) bond motifs is 1. The first-order chi connectivity index (χ1) is 16.1. The van der Waals surface area contributed by atoms with Crippen molar-refractivity contribution in [1.82, 2.24) is 20.0 Å². The number of rotatable bonds is 7. The van der Waals surface area contributed by atoms with Crippen LogP contribution in [0.15, 0.2) is 65.3 Å². The predicted molar refractivity (Wildman–Crippen MR) is 125 cm³/mol. The lowest BCUT2D eigenvalue weighted by Gasteiger charge is -2.12. The van der Waals surface area contributed by atoms with Crippen LogP contribution in [0.4, 0.5) is 0 Å². The van der Waals surface area contributed by atoms with Crippen molar-refractivity contribution in [3.8, 4) is 22.5 Å². The van der Waals surface area contributed by atoms with Crippen molar-refractivity contribution in [3.63, 3.8) is 0 Å². The number of nitrogens with zero attached hydrogens (tertiary/aromatic N) is 3. The minimum Gasteiger partial charge on any atom is -0.462 e. The standard InChI is InChI=1S/C26H26N4O3/c1-3-32-26(31)23-12-13-30-16-22(14-24(23)30)27-15-18-4-6-19(7-5-18)20-8-10-21(11-9-20)25-28-17(2)33-29-25/h4-13,22,27H,3,14-16H2,1-2H3. The van der Waals surface area contributed by atoms with Crippen LogP contribution in [0.2, 0.25) is 0 Å². The first-order valence-corrected chi connectivity index (χ1v) is 11.2. The van der Waals surface area contributed by atoms with Gasteiger partial charge in [-0.05, 0) is 29.7 Å². The number of hydrogen-bond acceptors (Lipinski definition) is 6. The van der Waals surface area contributed by atoms with E-state index in [-0.39, 0.29) is 5.97 Å². The molecule has 7 nitrogen and oxygen atoms in total. The van der Waals surface area contributed by atoms with Gasteiger partial charge in [-0.2, -0.15) is 4.98 Å². The Labute approximate surface area is 192 Å². The van der Waals surface area contributed by atoms with Crippen molar-refractivity contribution < 1.29 is 14.1 Å². The Kier molecular flexibility index (Phi) is 5.79. The number of ether oxygens (including phenoxy) is 1. The molecule has 3 heterocycles. The lowest BCUT2D eigenvalue weighted by Crippen LogP contribution is -2.29. The van der Waals surface area contributed by atoms with E-state index in [1.54, 1.807) is 6.92 Å². The van der Waals surface area contributed by atoms with Gasteiger partial charge in [-0.1, -0.05) is 53.7 Å². The summed E-state index contributed by atoms with van der Waals surface area (Å²) in [5, 5.41) is 7.59. The summed E-state index contributed by atoms with van der Waals surface area (Å²) in [7, 11) is 0. The Morgan fingerprint density at radius 2 is 1.79 bits per heavy atom. The average molecular weight is 443 g/mol. The number of hydrogen-bond donors (Lipinski definition) is 1. The number of benzene rings is 2. The summed E-state index contributed by atoms with van der Waals surface area (Å²) in [6.07, 6.45) is 2.80. The molecule has 2 aromatic carbocycles. The molecule has 2 aromatic heterocycles. The zero-order valence-corrected chi connectivity index (χ0v) is 18.7. The number of carbonyl (C=O) groups is 1. The molecule has 168 valence electrons. The lowest BCUT2D eigenvalue weighted by atomic mass is 10.0. The maximum Gasteiger partial charge on any atom is 0.339 e. The second kappa shape index (κ2) is 9.03. The number of esters is 1. The summed E-state index contributed by atoms with van der Waals surface area (Å²) < 4.78 is 12.4.